The van der Waals surface area contributed by atoms with Crippen LogP contribution >= 0.6 is 0 Å². The Bertz CT molecular complexity index is 628. The highest BCUT2D eigenvalue weighted by Crippen LogP contribution is 2.33. The van der Waals surface area contributed by atoms with Gasteiger partial charge in [-0.05, 0) is 37.5 Å². The van der Waals surface area contributed by atoms with E-state index in [-0.39, 0.29) is 11.9 Å². The summed E-state index contributed by atoms with van der Waals surface area (Å²) in [6, 6.07) is 8.13. The maximum Gasteiger partial charge on any atom is 0.257 e. The minimum absolute atomic E-state index is 0.00279. The first-order valence-corrected chi connectivity index (χ1v) is 7.58. The molecule has 0 N–H and O–H groups in total. The van der Waals surface area contributed by atoms with Crippen molar-refractivity contribution in [3.8, 4) is 5.75 Å². The molecule has 1 atom stereocenters. The number of carbonyl (C=O) groups is 1. The van der Waals surface area contributed by atoms with Crippen LogP contribution in [0, 0.1) is 0 Å². The minimum Gasteiger partial charge on any atom is -0.494 e. The smallest absolute Gasteiger partial charge is 0.257 e. The number of aromatic nitrogens is 2. The summed E-state index contributed by atoms with van der Waals surface area (Å²) in [6.07, 6.45) is 6.57. The first-order valence-electron chi connectivity index (χ1n) is 7.58. The topological polar surface area (TPSA) is 55.3 Å². The van der Waals surface area contributed by atoms with Gasteiger partial charge in [0.05, 0.1) is 18.2 Å². The Balaban J connectivity index is 1.79. The second-order valence-corrected chi connectivity index (χ2v) is 5.29. The van der Waals surface area contributed by atoms with Crippen LogP contribution in [0.2, 0.25) is 0 Å². The second-order valence-electron chi connectivity index (χ2n) is 5.29. The second kappa shape index (κ2) is 6.56. The van der Waals surface area contributed by atoms with Crippen molar-refractivity contribution in [3.63, 3.8) is 0 Å². The Hall–Kier alpha value is -2.43. The molecule has 1 amide bonds. The largest absolute Gasteiger partial charge is 0.494 e. The molecule has 1 saturated heterocycles. The van der Waals surface area contributed by atoms with E-state index in [1.807, 2.05) is 36.1 Å². The molecule has 114 valence electrons. The van der Waals surface area contributed by atoms with Crippen LogP contribution in [0.1, 0.15) is 41.7 Å². The average Bonchev–Trinajstić information content (AvgIpc) is 3.05. The Kier molecular flexibility index (Phi) is 4.32. The number of rotatable bonds is 4. The zero-order chi connectivity index (χ0) is 15.4. The van der Waals surface area contributed by atoms with Gasteiger partial charge >= 0.3 is 0 Å². The molecule has 0 bridgehead atoms. The summed E-state index contributed by atoms with van der Waals surface area (Å²) in [7, 11) is 0. The fourth-order valence-electron chi connectivity index (χ4n) is 2.88. The van der Waals surface area contributed by atoms with Crippen molar-refractivity contribution in [1.29, 1.82) is 0 Å². The third-order valence-corrected chi connectivity index (χ3v) is 3.90. The molecule has 1 aliphatic heterocycles. The lowest BCUT2D eigenvalue weighted by atomic mass is 10.0. The molecule has 0 aliphatic carbocycles. The van der Waals surface area contributed by atoms with Gasteiger partial charge in [0.1, 0.15) is 12.1 Å². The molecule has 1 aliphatic rings. The van der Waals surface area contributed by atoms with Gasteiger partial charge in [0, 0.05) is 18.9 Å². The highest BCUT2D eigenvalue weighted by atomic mass is 16.5. The van der Waals surface area contributed by atoms with E-state index in [2.05, 4.69) is 9.97 Å². The lowest BCUT2D eigenvalue weighted by Crippen LogP contribution is -2.30. The zero-order valence-corrected chi connectivity index (χ0v) is 12.6. The summed E-state index contributed by atoms with van der Waals surface area (Å²) in [5.74, 6) is 0.857. The summed E-state index contributed by atoms with van der Waals surface area (Å²) in [5, 5.41) is 0. The van der Waals surface area contributed by atoms with Crippen molar-refractivity contribution in [2.75, 3.05) is 13.2 Å². The van der Waals surface area contributed by atoms with Crippen LogP contribution in [-0.4, -0.2) is 33.9 Å². The van der Waals surface area contributed by atoms with E-state index in [4.69, 9.17) is 4.74 Å². The van der Waals surface area contributed by atoms with Crippen LogP contribution in [0.3, 0.4) is 0 Å². The fourth-order valence-corrected chi connectivity index (χ4v) is 2.88. The number of ether oxygens (including phenoxy) is 1. The van der Waals surface area contributed by atoms with E-state index in [1.54, 1.807) is 12.4 Å². The van der Waals surface area contributed by atoms with E-state index < -0.39 is 0 Å². The number of hydrogen-bond donors (Lipinski definition) is 0. The van der Waals surface area contributed by atoms with Crippen LogP contribution in [0.5, 0.6) is 5.75 Å². The molecule has 1 unspecified atom stereocenters. The molecule has 1 fully saturated rings. The molecular weight excluding hydrogens is 278 g/mol. The lowest BCUT2D eigenvalue weighted by Gasteiger charge is -2.25. The number of benzene rings is 1. The van der Waals surface area contributed by atoms with Gasteiger partial charge in [0.15, 0.2) is 0 Å². The standard InChI is InChI=1S/C17H19N3O2/c1-2-22-15-7-5-13(6-8-15)16-4-3-9-20(16)17(21)14-10-18-12-19-11-14/h5-8,10-12,16H,2-4,9H2,1H3. The molecule has 0 radical (unpaired) electrons. The third kappa shape index (κ3) is 2.93. The van der Waals surface area contributed by atoms with Gasteiger partial charge in [-0.1, -0.05) is 12.1 Å². The first-order chi connectivity index (χ1) is 10.8. The molecule has 2 aromatic rings. The molecule has 1 aromatic heterocycles. The summed E-state index contributed by atoms with van der Waals surface area (Å²) < 4.78 is 5.47. The van der Waals surface area contributed by atoms with E-state index in [1.165, 1.54) is 6.33 Å². The Morgan fingerprint density at radius 1 is 1.27 bits per heavy atom. The molecule has 0 spiro atoms. The SMILES string of the molecule is CCOc1ccc(C2CCCN2C(=O)c2cncnc2)cc1. The predicted molar refractivity (Wildman–Crippen MR) is 82.7 cm³/mol. The monoisotopic (exact) mass is 297 g/mol. The number of amides is 1. The van der Waals surface area contributed by atoms with Gasteiger partial charge in [-0.25, -0.2) is 9.97 Å². The summed E-state index contributed by atoms with van der Waals surface area (Å²) in [4.78, 5) is 22.4. The summed E-state index contributed by atoms with van der Waals surface area (Å²) in [6.45, 7) is 3.39. The molecule has 0 saturated carbocycles. The van der Waals surface area contributed by atoms with Gasteiger partial charge in [-0.3, -0.25) is 4.79 Å². The molecule has 3 rings (SSSR count). The van der Waals surface area contributed by atoms with Gasteiger partial charge in [0.2, 0.25) is 0 Å². The molecule has 5 heteroatoms. The van der Waals surface area contributed by atoms with E-state index in [0.29, 0.717) is 12.2 Å². The van der Waals surface area contributed by atoms with E-state index in [9.17, 15) is 4.79 Å². The predicted octanol–water partition coefficient (Wildman–Crippen LogP) is 2.85. The molecule has 5 nitrogen and oxygen atoms in total. The molecular formula is C17H19N3O2. The maximum atomic E-state index is 12.6. The normalized spacial score (nSPS) is 17.5. The molecule has 2 heterocycles. The van der Waals surface area contributed by atoms with Crippen molar-refractivity contribution in [1.82, 2.24) is 14.9 Å². The van der Waals surface area contributed by atoms with Crippen LogP contribution in [0.4, 0.5) is 0 Å². The number of nitrogens with zero attached hydrogens (tertiary/aromatic N) is 3. The van der Waals surface area contributed by atoms with E-state index >= 15 is 0 Å². The van der Waals surface area contributed by atoms with Crippen LogP contribution in [-0.2, 0) is 0 Å². The Labute approximate surface area is 130 Å². The summed E-state index contributed by atoms with van der Waals surface area (Å²) >= 11 is 0. The van der Waals surface area contributed by atoms with Crippen LogP contribution < -0.4 is 4.74 Å². The zero-order valence-electron chi connectivity index (χ0n) is 12.6. The van der Waals surface area contributed by atoms with Gasteiger partial charge < -0.3 is 9.64 Å². The lowest BCUT2D eigenvalue weighted by molar-refractivity contribution is 0.0734. The van der Waals surface area contributed by atoms with Gasteiger partial charge in [-0.2, -0.15) is 0 Å². The van der Waals surface area contributed by atoms with Crippen molar-refractivity contribution in [2.45, 2.75) is 25.8 Å². The van der Waals surface area contributed by atoms with Crippen molar-refractivity contribution >= 4 is 5.91 Å². The summed E-state index contributed by atoms with van der Waals surface area (Å²) in [5.41, 5.74) is 1.69. The van der Waals surface area contributed by atoms with Gasteiger partial charge in [0.25, 0.3) is 5.91 Å². The van der Waals surface area contributed by atoms with Crippen LogP contribution in [0.15, 0.2) is 43.0 Å². The highest BCUT2D eigenvalue weighted by molar-refractivity contribution is 5.94. The van der Waals surface area contributed by atoms with Crippen LogP contribution in [0.25, 0.3) is 0 Å². The highest BCUT2D eigenvalue weighted by Gasteiger charge is 2.30. The third-order valence-electron chi connectivity index (χ3n) is 3.90. The number of likely N-dealkylation sites (tertiary alicyclic amines) is 1. The van der Waals surface area contributed by atoms with E-state index in [0.717, 1.165) is 30.7 Å². The molecule has 1 aromatic carbocycles. The minimum atomic E-state index is -0.00279. The van der Waals surface area contributed by atoms with Gasteiger partial charge in [-0.15, -0.1) is 0 Å². The first kappa shape index (κ1) is 14.5. The quantitative estimate of drug-likeness (QED) is 0.870. The molecule has 22 heavy (non-hydrogen) atoms. The maximum absolute atomic E-state index is 12.6. The fraction of sp³-hybridized carbons (Fsp3) is 0.353. The Morgan fingerprint density at radius 3 is 2.68 bits per heavy atom. The van der Waals surface area contributed by atoms with Crippen molar-refractivity contribution in [3.05, 3.63) is 54.1 Å². The van der Waals surface area contributed by atoms with Crippen molar-refractivity contribution < 1.29 is 9.53 Å². The number of carbonyl (C=O) groups excluding carboxylic acids is 1. The van der Waals surface area contributed by atoms with Crippen molar-refractivity contribution in [2.24, 2.45) is 0 Å². The average molecular weight is 297 g/mol. The Morgan fingerprint density at radius 2 is 2.00 bits per heavy atom. The number of hydrogen-bond acceptors (Lipinski definition) is 4.